The van der Waals surface area contributed by atoms with Crippen molar-refractivity contribution in [2.24, 2.45) is 29.1 Å². The first-order chi connectivity index (χ1) is 23.6. The number of nitrogens with zero attached hydrogens (tertiary/aromatic N) is 3. The molecule has 3 saturated carbocycles. The van der Waals surface area contributed by atoms with E-state index in [2.05, 4.69) is 47.3 Å². The van der Waals surface area contributed by atoms with E-state index in [0.29, 0.717) is 46.6 Å². The van der Waals surface area contributed by atoms with E-state index >= 15 is 0 Å². The summed E-state index contributed by atoms with van der Waals surface area (Å²) in [6.45, 7) is 9.60. The summed E-state index contributed by atoms with van der Waals surface area (Å²) in [5.41, 5.74) is 3.93. The van der Waals surface area contributed by atoms with E-state index in [-0.39, 0.29) is 36.4 Å². The number of methoxy groups -OCH3 is 1. The molecule has 4 fully saturated rings. The molecule has 12 heteroatoms. The molecule has 2 aromatic rings. The predicted molar refractivity (Wildman–Crippen MR) is 199 cm³/mol. The number of hydroxylamine groups is 2. The van der Waals surface area contributed by atoms with Crippen molar-refractivity contribution < 1.29 is 29.4 Å². The fraction of sp³-hybridized carbons (Fsp3) is 0.632. The van der Waals surface area contributed by atoms with Crippen LogP contribution >= 0.6 is 15.9 Å². The summed E-state index contributed by atoms with van der Waals surface area (Å²) in [5.74, 6) is 1.02. The number of aliphatic hydroxyl groups is 2. The Hall–Kier alpha value is -2.74. The second kappa shape index (κ2) is 15.5. The van der Waals surface area contributed by atoms with Gasteiger partial charge in [-0.2, -0.15) is 5.06 Å². The molecule has 276 valence electrons. The maximum absolute atomic E-state index is 14.2. The van der Waals surface area contributed by atoms with Gasteiger partial charge in [-0.25, -0.2) is 0 Å². The first-order valence-corrected chi connectivity index (χ1v) is 18.5. The Morgan fingerprint density at radius 2 is 1.90 bits per heavy atom. The Balaban J connectivity index is 1.46. The average molecular weight is 759 g/mol. The number of halogens is 1. The minimum Gasteiger partial charge on any atom is -0.496 e. The first kappa shape index (κ1) is 38.5. The van der Waals surface area contributed by atoms with Gasteiger partial charge >= 0.3 is 0 Å². The van der Waals surface area contributed by atoms with Gasteiger partial charge in [-0.05, 0) is 90.7 Å². The Kier molecular flexibility index (Phi) is 11.9. The zero-order valence-corrected chi connectivity index (χ0v) is 32.6. The lowest BCUT2D eigenvalue weighted by Crippen LogP contribution is -2.62. The molecule has 1 aliphatic heterocycles. The summed E-state index contributed by atoms with van der Waals surface area (Å²) >= 11 is 3.67. The fourth-order valence-electron chi connectivity index (χ4n) is 8.57. The molecule has 6 rings (SSSR count). The highest BCUT2D eigenvalue weighted by atomic mass is 79.9. The van der Waals surface area contributed by atoms with Crippen LogP contribution in [0.1, 0.15) is 56.5 Å². The fourth-order valence-corrected chi connectivity index (χ4v) is 9.34. The maximum atomic E-state index is 14.2. The third kappa shape index (κ3) is 7.43. The van der Waals surface area contributed by atoms with Crippen molar-refractivity contribution in [3.63, 3.8) is 0 Å². The van der Waals surface area contributed by atoms with Crippen LogP contribution in [-0.4, -0.2) is 111 Å². The van der Waals surface area contributed by atoms with Gasteiger partial charge in [0.15, 0.2) is 0 Å². The Morgan fingerprint density at radius 3 is 2.48 bits per heavy atom. The van der Waals surface area contributed by atoms with Gasteiger partial charge in [0.1, 0.15) is 17.9 Å². The van der Waals surface area contributed by atoms with Crippen molar-refractivity contribution in [2.75, 3.05) is 59.9 Å². The van der Waals surface area contributed by atoms with Gasteiger partial charge in [-0.1, -0.05) is 39.0 Å². The number of amides is 2. The molecule has 0 radical (unpaired) electrons. The summed E-state index contributed by atoms with van der Waals surface area (Å²) in [6.07, 6.45) is 0.487. The van der Waals surface area contributed by atoms with Gasteiger partial charge < -0.3 is 35.4 Å². The molecule has 50 heavy (non-hydrogen) atoms. The number of benzene rings is 2. The summed E-state index contributed by atoms with van der Waals surface area (Å²) in [6, 6.07) is 8.86. The number of ether oxygens (including phenoxy) is 1. The van der Waals surface area contributed by atoms with Crippen molar-refractivity contribution in [3.05, 3.63) is 45.9 Å². The van der Waals surface area contributed by atoms with Crippen LogP contribution in [0.5, 0.6) is 5.75 Å². The molecule has 0 spiro atoms. The van der Waals surface area contributed by atoms with E-state index in [9.17, 15) is 19.8 Å². The van der Waals surface area contributed by atoms with Crippen molar-refractivity contribution >= 4 is 33.4 Å². The van der Waals surface area contributed by atoms with E-state index in [1.807, 2.05) is 68.3 Å². The van der Waals surface area contributed by atoms with Gasteiger partial charge in [-0.15, -0.1) is 0 Å². The third-order valence-electron chi connectivity index (χ3n) is 11.6. The largest absolute Gasteiger partial charge is 0.496 e. The molecule has 8 atom stereocenters. The molecule has 2 amide bonds. The van der Waals surface area contributed by atoms with Crippen LogP contribution in [0, 0.1) is 29.1 Å². The summed E-state index contributed by atoms with van der Waals surface area (Å²) in [7, 11) is 9.37. The quantitative estimate of drug-likeness (QED) is 0.239. The van der Waals surface area contributed by atoms with E-state index in [0.717, 1.165) is 28.8 Å². The second-order valence-corrected chi connectivity index (χ2v) is 16.3. The number of carbonyl (C=O) groups is 2. The van der Waals surface area contributed by atoms with E-state index in [1.165, 1.54) is 6.42 Å². The lowest BCUT2D eigenvalue weighted by molar-refractivity contribution is -0.183. The van der Waals surface area contributed by atoms with Gasteiger partial charge in [0, 0.05) is 50.3 Å². The maximum Gasteiger partial charge on any atom is 0.252 e. The molecule has 1 heterocycles. The standard InChI is InChI=1S/C38H56BrN5O6/c1-21-28-17-25(38(28,3)4)18-29(21)41-37(48)34-32(22(2)46)31(20-45)50-44(34)19-23-11-10-12-26(35(23)49-9)24-15-27(33(39)30(16-24)43(7)8)36(47)40-13-14-42(5)6/h10-12,15-16,21-22,25,28-29,31-32,34,45-46H,13-14,17-20H2,1-9H3,(H,40,47)(H,41,48)/t21-,22-,25+,28-,29-,31-,32+,34-/m0/s1. The Bertz CT molecular complexity index is 1550. The molecule has 1 saturated heterocycles. The zero-order valence-electron chi connectivity index (χ0n) is 31.0. The van der Waals surface area contributed by atoms with Gasteiger partial charge in [0.05, 0.1) is 42.1 Å². The number of aliphatic hydroxyl groups excluding tert-OH is 2. The number of hydrogen-bond donors (Lipinski definition) is 4. The Labute approximate surface area is 305 Å². The molecule has 11 nitrogen and oxygen atoms in total. The van der Waals surface area contributed by atoms with Crippen molar-refractivity contribution in [3.8, 4) is 16.9 Å². The number of fused-ring (bicyclic) bond motifs is 2. The van der Waals surface area contributed by atoms with Crippen molar-refractivity contribution in [1.82, 2.24) is 20.6 Å². The van der Waals surface area contributed by atoms with Crippen LogP contribution in [-0.2, 0) is 16.2 Å². The van der Waals surface area contributed by atoms with E-state index < -0.39 is 24.2 Å². The molecular formula is C38H56BrN5O6. The van der Waals surface area contributed by atoms with Crippen LogP contribution in [0.4, 0.5) is 5.69 Å². The van der Waals surface area contributed by atoms with Gasteiger partial charge in [0.2, 0.25) is 5.91 Å². The van der Waals surface area contributed by atoms with E-state index in [1.54, 1.807) is 19.1 Å². The van der Waals surface area contributed by atoms with Gasteiger partial charge in [-0.3, -0.25) is 14.4 Å². The normalized spacial score (nSPS) is 27.8. The lowest BCUT2D eigenvalue weighted by atomic mass is 9.45. The van der Waals surface area contributed by atoms with Crippen molar-refractivity contribution in [1.29, 1.82) is 0 Å². The number of nitrogens with one attached hydrogen (secondary N) is 2. The molecule has 3 aliphatic carbocycles. The molecule has 2 bridgehead atoms. The number of carbonyl (C=O) groups excluding carboxylic acids is 2. The zero-order chi connectivity index (χ0) is 36.7. The number of rotatable bonds is 13. The van der Waals surface area contributed by atoms with Gasteiger partial charge in [0.25, 0.3) is 5.91 Å². The molecule has 0 unspecified atom stereocenters. The molecule has 2 aromatic carbocycles. The summed E-state index contributed by atoms with van der Waals surface area (Å²) in [5, 5.41) is 29.2. The van der Waals surface area contributed by atoms with Crippen molar-refractivity contribution in [2.45, 2.75) is 71.4 Å². The smallest absolute Gasteiger partial charge is 0.252 e. The summed E-state index contributed by atoms with van der Waals surface area (Å²) < 4.78 is 6.74. The molecule has 4 aliphatic rings. The monoisotopic (exact) mass is 757 g/mol. The van der Waals surface area contributed by atoms with Crippen LogP contribution < -0.4 is 20.3 Å². The van der Waals surface area contributed by atoms with Crippen LogP contribution in [0.15, 0.2) is 34.8 Å². The van der Waals surface area contributed by atoms with Crippen LogP contribution in [0.2, 0.25) is 0 Å². The highest BCUT2D eigenvalue weighted by molar-refractivity contribution is 9.10. The lowest BCUT2D eigenvalue weighted by Gasteiger charge is -2.62. The molecule has 4 N–H and O–H groups in total. The highest BCUT2D eigenvalue weighted by Gasteiger charge is 2.57. The second-order valence-electron chi connectivity index (χ2n) is 15.5. The van der Waals surface area contributed by atoms with Crippen LogP contribution in [0.3, 0.4) is 0 Å². The van der Waals surface area contributed by atoms with Crippen LogP contribution in [0.25, 0.3) is 11.1 Å². The number of hydrogen-bond acceptors (Lipinski definition) is 9. The topological polar surface area (TPSA) is 127 Å². The molecule has 0 aromatic heterocycles. The first-order valence-electron chi connectivity index (χ1n) is 17.7. The summed E-state index contributed by atoms with van der Waals surface area (Å²) in [4.78, 5) is 37.8. The highest BCUT2D eigenvalue weighted by Crippen LogP contribution is 2.61. The third-order valence-corrected chi connectivity index (χ3v) is 12.5. The number of anilines is 1. The SMILES string of the molecule is COc1c(CN2O[C@@H](CO)[C@@H]([C@H](C)O)[C@H]2C(=O)N[C@H]2C[C@H]3C[C@@H]([C@@H]2C)C3(C)C)cccc1-c1cc(C(=O)NCCN(C)C)c(Br)c(N(C)C)c1. The molecular weight excluding hydrogens is 702 g/mol. The van der Waals surface area contributed by atoms with E-state index in [4.69, 9.17) is 9.57 Å². The number of likely N-dealkylation sites (N-methyl/N-ethyl adjacent to an activating group) is 1. The Morgan fingerprint density at radius 1 is 1.18 bits per heavy atom. The minimum absolute atomic E-state index is 0.0411. The number of para-hydroxylation sites is 1. The predicted octanol–water partition coefficient (Wildman–Crippen LogP) is 4.14. The average Bonchev–Trinajstić information content (AvgIpc) is 3.43. The minimum atomic E-state index is -0.897.